The van der Waals surface area contributed by atoms with Crippen LogP contribution in [0.25, 0.3) is 11.3 Å². The van der Waals surface area contributed by atoms with Gasteiger partial charge in [-0.15, -0.1) is 0 Å². The third-order valence-corrected chi connectivity index (χ3v) is 3.54. The zero-order valence-electron chi connectivity index (χ0n) is 12.1. The van der Waals surface area contributed by atoms with Crippen molar-refractivity contribution in [1.29, 1.82) is 0 Å². The van der Waals surface area contributed by atoms with Crippen molar-refractivity contribution in [3.05, 3.63) is 36.4 Å². The van der Waals surface area contributed by atoms with Crippen LogP contribution in [0.4, 0.5) is 0 Å². The summed E-state index contributed by atoms with van der Waals surface area (Å²) in [6.07, 6.45) is 5.36. The van der Waals surface area contributed by atoms with Gasteiger partial charge in [0.2, 0.25) is 0 Å². The summed E-state index contributed by atoms with van der Waals surface area (Å²) in [5.41, 5.74) is 1.89. The van der Waals surface area contributed by atoms with Crippen molar-refractivity contribution >= 4 is 6.21 Å². The van der Waals surface area contributed by atoms with Crippen LogP contribution in [0.1, 0.15) is 12.7 Å². The number of aromatic nitrogens is 2. The average Bonchev–Trinajstić information content (AvgIpc) is 2.99. The molecule has 2 aromatic rings. The zero-order chi connectivity index (χ0) is 14.5. The van der Waals surface area contributed by atoms with Gasteiger partial charge in [-0.3, -0.25) is 14.9 Å². The molecule has 0 spiro atoms. The zero-order valence-corrected chi connectivity index (χ0v) is 12.1. The summed E-state index contributed by atoms with van der Waals surface area (Å²) in [5, 5.41) is 10.5. The molecule has 3 rings (SSSR count). The number of hydrogen-bond acceptors (Lipinski definition) is 6. The van der Waals surface area contributed by atoms with Crippen molar-refractivity contribution in [1.82, 2.24) is 20.0 Å². The van der Waals surface area contributed by atoms with Gasteiger partial charge in [0.25, 0.3) is 0 Å². The van der Waals surface area contributed by atoms with Crippen molar-refractivity contribution in [3.8, 4) is 11.3 Å². The first-order valence-corrected chi connectivity index (χ1v) is 7.17. The largest absolute Gasteiger partial charge is 0.359 e. The monoisotopic (exact) mass is 285 g/mol. The van der Waals surface area contributed by atoms with E-state index in [2.05, 4.69) is 25.2 Å². The Morgan fingerprint density at radius 3 is 2.71 bits per heavy atom. The Labute approximate surface area is 124 Å². The molecule has 1 aliphatic heterocycles. The van der Waals surface area contributed by atoms with Gasteiger partial charge in [-0.25, -0.2) is 0 Å². The van der Waals surface area contributed by atoms with E-state index in [9.17, 15) is 0 Å². The molecule has 21 heavy (non-hydrogen) atoms. The van der Waals surface area contributed by atoms with E-state index in [1.807, 2.05) is 31.3 Å². The van der Waals surface area contributed by atoms with Gasteiger partial charge in [0.05, 0.1) is 6.54 Å². The fourth-order valence-electron chi connectivity index (χ4n) is 2.44. The fraction of sp³-hybridized carbons (Fsp3) is 0.400. The van der Waals surface area contributed by atoms with E-state index in [4.69, 9.17) is 4.52 Å². The molecule has 6 heteroatoms. The Balaban J connectivity index is 1.58. The van der Waals surface area contributed by atoms with Crippen LogP contribution >= 0.6 is 0 Å². The molecule has 0 N–H and O–H groups in total. The summed E-state index contributed by atoms with van der Waals surface area (Å²) in [6, 6.07) is 5.87. The lowest BCUT2D eigenvalue weighted by Gasteiger charge is -2.32. The second kappa shape index (κ2) is 6.49. The number of hydrazone groups is 1. The number of piperazine rings is 1. The molecule has 0 saturated carbocycles. The van der Waals surface area contributed by atoms with Crippen LogP contribution in [0, 0.1) is 0 Å². The van der Waals surface area contributed by atoms with E-state index in [0.717, 1.165) is 49.7 Å². The molecule has 0 amide bonds. The first kappa shape index (κ1) is 13.8. The van der Waals surface area contributed by atoms with Gasteiger partial charge in [-0.05, 0) is 19.1 Å². The molecular formula is C15H19N5O. The molecule has 3 heterocycles. The molecule has 1 aliphatic rings. The van der Waals surface area contributed by atoms with E-state index < -0.39 is 0 Å². The summed E-state index contributed by atoms with van der Waals surface area (Å²) in [5.74, 6) is 0.897. The van der Waals surface area contributed by atoms with Crippen molar-refractivity contribution in [2.24, 2.45) is 5.10 Å². The molecule has 110 valence electrons. The van der Waals surface area contributed by atoms with Gasteiger partial charge < -0.3 is 4.52 Å². The molecule has 0 atom stereocenters. The van der Waals surface area contributed by atoms with Crippen LogP contribution < -0.4 is 0 Å². The average molecular weight is 285 g/mol. The van der Waals surface area contributed by atoms with Gasteiger partial charge in [0.15, 0.2) is 5.76 Å². The maximum absolute atomic E-state index is 5.44. The molecule has 0 aromatic carbocycles. The van der Waals surface area contributed by atoms with Crippen LogP contribution in [-0.2, 0) is 6.54 Å². The first-order chi connectivity index (χ1) is 10.3. The van der Waals surface area contributed by atoms with Gasteiger partial charge >= 0.3 is 0 Å². The Morgan fingerprint density at radius 2 is 2.00 bits per heavy atom. The van der Waals surface area contributed by atoms with Crippen LogP contribution in [0.2, 0.25) is 0 Å². The summed E-state index contributed by atoms with van der Waals surface area (Å²) < 4.78 is 5.44. The fourth-order valence-corrected chi connectivity index (χ4v) is 2.44. The quantitative estimate of drug-likeness (QED) is 0.803. The number of nitrogens with zero attached hydrogens (tertiary/aromatic N) is 5. The molecule has 2 aromatic heterocycles. The summed E-state index contributed by atoms with van der Waals surface area (Å²) >= 11 is 0. The van der Waals surface area contributed by atoms with Crippen LogP contribution in [0.5, 0.6) is 0 Å². The third-order valence-electron chi connectivity index (χ3n) is 3.54. The maximum Gasteiger partial charge on any atom is 0.151 e. The lowest BCUT2D eigenvalue weighted by molar-refractivity contribution is 0.122. The highest BCUT2D eigenvalue weighted by atomic mass is 16.5. The number of rotatable bonds is 4. The maximum atomic E-state index is 5.44. The van der Waals surface area contributed by atoms with Crippen molar-refractivity contribution < 1.29 is 4.52 Å². The molecular weight excluding hydrogens is 266 g/mol. The standard InChI is InChI=1S/C15H19N5O/c1-2-17-20-9-7-19(8-10-20)12-14-11-15(18-21-14)13-3-5-16-6-4-13/h2-6,11H,7-10,12H2,1H3/b17-2-. The van der Waals surface area contributed by atoms with Gasteiger partial charge in [-0.2, -0.15) is 5.10 Å². The van der Waals surface area contributed by atoms with Gasteiger partial charge in [-0.1, -0.05) is 5.16 Å². The van der Waals surface area contributed by atoms with Gasteiger partial charge in [0, 0.05) is 56.4 Å². The molecule has 0 bridgehead atoms. The Hall–Kier alpha value is -2.21. The summed E-state index contributed by atoms with van der Waals surface area (Å²) in [7, 11) is 0. The number of pyridine rings is 1. The molecule has 0 unspecified atom stereocenters. The highest BCUT2D eigenvalue weighted by Gasteiger charge is 2.17. The number of hydrogen-bond donors (Lipinski definition) is 0. The Kier molecular flexibility index (Phi) is 4.25. The summed E-state index contributed by atoms with van der Waals surface area (Å²) in [4.78, 5) is 6.37. The van der Waals surface area contributed by atoms with Crippen molar-refractivity contribution in [3.63, 3.8) is 0 Å². The van der Waals surface area contributed by atoms with E-state index in [1.165, 1.54) is 0 Å². The SMILES string of the molecule is C/C=N\N1CCN(Cc2cc(-c3ccncc3)no2)CC1. The topological polar surface area (TPSA) is 57.8 Å². The molecule has 1 saturated heterocycles. The van der Waals surface area contributed by atoms with Crippen LogP contribution in [0.15, 0.2) is 40.2 Å². The van der Waals surface area contributed by atoms with Crippen LogP contribution in [-0.4, -0.2) is 52.4 Å². The second-order valence-corrected chi connectivity index (χ2v) is 5.02. The molecule has 0 aliphatic carbocycles. The molecule has 6 nitrogen and oxygen atoms in total. The van der Waals surface area contributed by atoms with Gasteiger partial charge in [0.1, 0.15) is 5.69 Å². The van der Waals surface area contributed by atoms with E-state index in [1.54, 1.807) is 12.4 Å². The Bertz CT molecular complexity index is 587. The highest BCUT2D eigenvalue weighted by molar-refractivity contribution is 5.57. The third kappa shape index (κ3) is 3.46. The van der Waals surface area contributed by atoms with E-state index in [0.29, 0.717) is 0 Å². The summed E-state index contributed by atoms with van der Waals surface area (Å²) in [6.45, 7) is 6.62. The minimum Gasteiger partial charge on any atom is -0.359 e. The van der Waals surface area contributed by atoms with Crippen LogP contribution in [0.3, 0.4) is 0 Å². The second-order valence-electron chi connectivity index (χ2n) is 5.02. The van der Waals surface area contributed by atoms with E-state index in [-0.39, 0.29) is 0 Å². The van der Waals surface area contributed by atoms with Crippen molar-refractivity contribution in [2.45, 2.75) is 13.5 Å². The minimum absolute atomic E-state index is 0.793. The van der Waals surface area contributed by atoms with E-state index >= 15 is 0 Å². The highest BCUT2D eigenvalue weighted by Crippen LogP contribution is 2.19. The smallest absolute Gasteiger partial charge is 0.151 e. The minimum atomic E-state index is 0.793. The molecule has 0 radical (unpaired) electrons. The first-order valence-electron chi connectivity index (χ1n) is 7.17. The normalized spacial score (nSPS) is 16.7. The molecule has 1 fully saturated rings. The lowest BCUT2D eigenvalue weighted by atomic mass is 10.2. The predicted octanol–water partition coefficient (Wildman–Crippen LogP) is 1.86. The lowest BCUT2D eigenvalue weighted by Crippen LogP contribution is -2.43. The van der Waals surface area contributed by atoms with Crippen molar-refractivity contribution in [2.75, 3.05) is 26.2 Å². The predicted molar refractivity (Wildman–Crippen MR) is 80.8 cm³/mol. The Morgan fingerprint density at radius 1 is 1.24 bits per heavy atom.